The highest BCUT2D eigenvalue weighted by molar-refractivity contribution is 5.77. The van der Waals surface area contributed by atoms with Crippen molar-refractivity contribution in [1.82, 2.24) is 24.3 Å². The van der Waals surface area contributed by atoms with Crippen molar-refractivity contribution in [2.45, 2.75) is 45.8 Å². The van der Waals surface area contributed by atoms with Crippen LogP contribution in [-0.2, 0) is 13.1 Å². The van der Waals surface area contributed by atoms with Gasteiger partial charge >= 0.3 is 0 Å². The Morgan fingerprint density at radius 3 is 2.97 bits per heavy atom. The lowest BCUT2D eigenvalue weighted by Crippen LogP contribution is -2.44. The van der Waals surface area contributed by atoms with Gasteiger partial charge in [-0.2, -0.15) is 5.10 Å². The first-order valence-electron chi connectivity index (χ1n) is 10.8. The second kappa shape index (κ2) is 8.13. The number of aromatic nitrogens is 5. The van der Waals surface area contributed by atoms with Gasteiger partial charge in [-0.05, 0) is 44.4 Å². The Morgan fingerprint density at radius 2 is 2.16 bits per heavy atom. The van der Waals surface area contributed by atoms with Gasteiger partial charge in [0.05, 0.1) is 12.7 Å². The summed E-state index contributed by atoms with van der Waals surface area (Å²) >= 11 is 0. The fourth-order valence-electron chi connectivity index (χ4n) is 4.20. The summed E-state index contributed by atoms with van der Waals surface area (Å²) < 4.78 is 9.09. The highest BCUT2D eigenvalue weighted by Crippen LogP contribution is 2.23. The predicted octanol–water partition coefficient (Wildman–Crippen LogP) is 2.04. The van der Waals surface area contributed by atoms with Crippen LogP contribution in [0.3, 0.4) is 0 Å². The average Bonchev–Trinajstić information content (AvgIpc) is 3.35. The third kappa shape index (κ3) is 3.63. The van der Waals surface area contributed by atoms with Crippen LogP contribution < -0.4 is 16.2 Å². The van der Waals surface area contributed by atoms with Crippen LogP contribution in [0.4, 0.5) is 5.95 Å². The van der Waals surface area contributed by atoms with E-state index in [0.29, 0.717) is 41.5 Å². The summed E-state index contributed by atoms with van der Waals surface area (Å²) in [5.41, 5.74) is 9.50. The normalized spacial score (nSPS) is 16.5. The fraction of sp³-hybridized carbons (Fsp3) is 0.391. The van der Waals surface area contributed by atoms with Gasteiger partial charge in [0.2, 0.25) is 11.8 Å². The molecule has 1 aromatic carbocycles. The Labute approximate surface area is 184 Å². The lowest BCUT2D eigenvalue weighted by Gasteiger charge is -2.31. The van der Waals surface area contributed by atoms with E-state index in [2.05, 4.69) is 26.8 Å². The van der Waals surface area contributed by atoms with Crippen molar-refractivity contribution < 1.29 is 4.42 Å². The Hall–Kier alpha value is -3.64. The fourth-order valence-corrected chi connectivity index (χ4v) is 4.20. The molecule has 0 bridgehead atoms. The number of hydrogen-bond donors (Lipinski definition) is 1. The summed E-state index contributed by atoms with van der Waals surface area (Å²) in [6.45, 7) is 5.83. The van der Waals surface area contributed by atoms with Gasteiger partial charge in [0.1, 0.15) is 23.1 Å². The van der Waals surface area contributed by atoms with E-state index in [0.717, 1.165) is 30.5 Å². The van der Waals surface area contributed by atoms with E-state index in [1.807, 2.05) is 29.7 Å². The predicted molar refractivity (Wildman–Crippen MR) is 123 cm³/mol. The van der Waals surface area contributed by atoms with Gasteiger partial charge in [0.15, 0.2) is 5.58 Å². The molecule has 1 aliphatic rings. The first kappa shape index (κ1) is 20.3. The largest absolute Gasteiger partial charge is 0.439 e. The quantitative estimate of drug-likeness (QED) is 0.493. The molecule has 0 radical (unpaired) electrons. The van der Waals surface area contributed by atoms with Crippen LogP contribution in [-0.4, -0.2) is 43.4 Å². The minimum Gasteiger partial charge on any atom is -0.439 e. The number of aryl methyl sites for hydroxylation is 1. The zero-order chi connectivity index (χ0) is 22.2. The topological polar surface area (TPSA) is 108 Å². The monoisotopic (exact) mass is 431 g/mol. The first-order chi connectivity index (χ1) is 15.5. The molecule has 4 heterocycles. The van der Waals surface area contributed by atoms with Crippen molar-refractivity contribution in [2.75, 3.05) is 18.0 Å². The number of imidazole rings is 1. The molecule has 1 atom stereocenters. The average molecular weight is 432 g/mol. The van der Waals surface area contributed by atoms with E-state index < -0.39 is 0 Å². The molecule has 3 aromatic heterocycles. The van der Waals surface area contributed by atoms with Crippen molar-refractivity contribution in [2.24, 2.45) is 5.73 Å². The molecule has 9 heteroatoms. The van der Waals surface area contributed by atoms with Crippen LogP contribution in [0.1, 0.15) is 31.2 Å². The Balaban J connectivity index is 1.57. The Kier molecular flexibility index (Phi) is 5.15. The molecular formula is C23H25N7O2. The van der Waals surface area contributed by atoms with Crippen LogP contribution in [0, 0.1) is 18.8 Å². The highest BCUT2D eigenvalue weighted by atomic mass is 16.3. The number of anilines is 1. The van der Waals surface area contributed by atoms with Crippen molar-refractivity contribution in [3.05, 3.63) is 46.2 Å². The van der Waals surface area contributed by atoms with Crippen LogP contribution in [0.2, 0.25) is 0 Å². The van der Waals surface area contributed by atoms with E-state index >= 15 is 0 Å². The number of piperidine rings is 1. The molecule has 4 aromatic rings. The Morgan fingerprint density at radius 1 is 1.28 bits per heavy atom. The number of nitrogens with zero attached hydrogens (tertiary/aromatic N) is 6. The number of fused-ring (bicyclic) bond motifs is 2. The van der Waals surface area contributed by atoms with Gasteiger partial charge in [0, 0.05) is 19.1 Å². The summed E-state index contributed by atoms with van der Waals surface area (Å²) in [4.78, 5) is 24.8. The van der Waals surface area contributed by atoms with Gasteiger partial charge in [-0.3, -0.25) is 9.36 Å². The molecule has 32 heavy (non-hydrogen) atoms. The van der Waals surface area contributed by atoms with Crippen molar-refractivity contribution in [1.29, 1.82) is 0 Å². The molecular weight excluding hydrogens is 406 g/mol. The standard InChI is InChI=1S/C23H25N7O2/c1-3-4-10-29-21-18(27-23(29)28-9-5-6-16(24)13-28)12-25-30(22(21)31)14-20-26-17-8-7-15(2)11-19(17)32-20/h7-8,11-12,16H,5-6,9-10,13-14,24H2,1-2H3. The number of hydrogen-bond acceptors (Lipinski definition) is 7. The third-order valence-electron chi connectivity index (χ3n) is 5.76. The molecule has 164 valence electrons. The van der Waals surface area contributed by atoms with Gasteiger partial charge in [0.25, 0.3) is 5.56 Å². The lowest BCUT2D eigenvalue weighted by molar-refractivity contribution is 0.482. The second-order valence-corrected chi connectivity index (χ2v) is 8.19. The van der Waals surface area contributed by atoms with E-state index in [9.17, 15) is 4.79 Å². The smallest absolute Gasteiger partial charge is 0.293 e. The molecule has 1 fully saturated rings. The maximum atomic E-state index is 13.4. The summed E-state index contributed by atoms with van der Waals surface area (Å²) in [5, 5.41) is 4.33. The van der Waals surface area contributed by atoms with Crippen LogP contribution in [0.15, 0.2) is 33.6 Å². The van der Waals surface area contributed by atoms with Crippen molar-refractivity contribution in [3.8, 4) is 11.8 Å². The first-order valence-corrected chi connectivity index (χ1v) is 10.8. The zero-order valence-electron chi connectivity index (χ0n) is 18.2. The maximum Gasteiger partial charge on any atom is 0.293 e. The van der Waals surface area contributed by atoms with E-state index in [1.54, 1.807) is 13.1 Å². The van der Waals surface area contributed by atoms with E-state index in [1.165, 1.54) is 4.68 Å². The molecule has 0 saturated carbocycles. The van der Waals surface area contributed by atoms with Crippen molar-refractivity contribution in [3.63, 3.8) is 0 Å². The molecule has 1 aliphatic heterocycles. The molecule has 9 nitrogen and oxygen atoms in total. The zero-order valence-corrected chi connectivity index (χ0v) is 18.2. The van der Waals surface area contributed by atoms with E-state index in [4.69, 9.17) is 15.1 Å². The Bertz CT molecular complexity index is 1420. The number of oxazole rings is 1. The molecule has 0 aliphatic carbocycles. The van der Waals surface area contributed by atoms with Gasteiger partial charge in [-0.25, -0.2) is 14.6 Å². The SMILES string of the molecule is CC#CCn1c(N2CCCC(N)C2)nc2cnn(Cc3nc4ccc(C)cc4o3)c(=O)c21. The van der Waals surface area contributed by atoms with Crippen molar-refractivity contribution >= 4 is 28.1 Å². The molecule has 2 N–H and O–H groups in total. The second-order valence-electron chi connectivity index (χ2n) is 8.19. The number of nitrogens with two attached hydrogens (primary N) is 1. The summed E-state index contributed by atoms with van der Waals surface area (Å²) in [5.74, 6) is 7.13. The molecule has 0 spiro atoms. The summed E-state index contributed by atoms with van der Waals surface area (Å²) in [6.07, 6.45) is 3.60. The molecule has 1 unspecified atom stereocenters. The molecule has 5 rings (SSSR count). The van der Waals surface area contributed by atoms with E-state index in [-0.39, 0.29) is 18.1 Å². The minimum atomic E-state index is -0.251. The van der Waals surface area contributed by atoms with Crippen LogP contribution in [0.5, 0.6) is 0 Å². The minimum absolute atomic E-state index is 0.0897. The summed E-state index contributed by atoms with van der Waals surface area (Å²) in [7, 11) is 0. The van der Waals surface area contributed by atoms with Crippen LogP contribution in [0.25, 0.3) is 22.1 Å². The highest BCUT2D eigenvalue weighted by Gasteiger charge is 2.24. The van der Waals surface area contributed by atoms with Gasteiger partial charge in [-0.1, -0.05) is 12.0 Å². The molecule has 1 saturated heterocycles. The third-order valence-corrected chi connectivity index (χ3v) is 5.76. The lowest BCUT2D eigenvalue weighted by atomic mass is 10.1. The molecule has 0 amide bonds. The van der Waals surface area contributed by atoms with Crippen LogP contribution >= 0.6 is 0 Å². The number of benzene rings is 1. The van der Waals surface area contributed by atoms with Gasteiger partial charge in [-0.15, -0.1) is 5.92 Å². The van der Waals surface area contributed by atoms with Gasteiger partial charge < -0.3 is 15.1 Å². The summed E-state index contributed by atoms with van der Waals surface area (Å²) in [6, 6.07) is 5.91. The number of rotatable bonds is 4. The maximum absolute atomic E-state index is 13.4.